The van der Waals surface area contributed by atoms with Gasteiger partial charge in [0.15, 0.2) is 5.69 Å². The Bertz CT molecular complexity index is 1060. The molecular weight excluding hydrogens is 378 g/mol. The highest BCUT2D eigenvalue weighted by Crippen LogP contribution is 2.19. The molecule has 26 heavy (non-hydrogen) atoms. The molecule has 0 unspecified atom stereocenters. The number of primary sulfonamides is 1. The van der Waals surface area contributed by atoms with Crippen LogP contribution in [0.1, 0.15) is 21.7 Å². The number of benzene rings is 2. The van der Waals surface area contributed by atoms with E-state index in [2.05, 4.69) is 5.10 Å². The molecule has 134 valence electrons. The Kier molecular flexibility index (Phi) is 4.82. The molecular formula is C17H14ClN3O4S. The highest BCUT2D eigenvalue weighted by molar-refractivity contribution is 7.89. The summed E-state index contributed by atoms with van der Waals surface area (Å²) >= 11 is 5.88. The number of aromatic carboxylic acids is 1. The summed E-state index contributed by atoms with van der Waals surface area (Å²) in [6, 6.07) is 14.4. The lowest BCUT2D eigenvalue weighted by molar-refractivity contribution is 0.0690. The first-order chi connectivity index (χ1) is 12.2. The van der Waals surface area contributed by atoms with Crippen LogP contribution in [-0.4, -0.2) is 29.3 Å². The molecule has 0 saturated heterocycles. The topological polar surface area (TPSA) is 115 Å². The minimum atomic E-state index is -3.81. The number of aromatic nitrogens is 2. The number of carbonyl (C=O) groups is 1. The quantitative estimate of drug-likeness (QED) is 0.693. The van der Waals surface area contributed by atoms with E-state index in [1.54, 1.807) is 12.1 Å². The molecule has 0 atom stereocenters. The van der Waals surface area contributed by atoms with Gasteiger partial charge in [-0.2, -0.15) is 5.10 Å². The zero-order valence-electron chi connectivity index (χ0n) is 13.3. The third-order valence-corrected chi connectivity index (χ3v) is 4.89. The number of carboxylic acid groups (broad SMARTS) is 1. The molecule has 0 bridgehead atoms. The highest BCUT2D eigenvalue weighted by Gasteiger charge is 2.16. The molecule has 7 nitrogen and oxygen atoms in total. The minimum absolute atomic E-state index is 0.0360. The van der Waals surface area contributed by atoms with Crippen LogP contribution in [0.15, 0.2) is 59.5 Å². The maximum atomic E-state index is 11.4. The van der Waals surface area contributed by atoms with Gasteiger partial charge in [0.05, 0.1) is 10.6 Å². The summed E-state index contributed by atoms with van der Waals surface area (Å²) in [5.41, 5.74) is 1.97. The average molecular weight is 392 g/mol. The molecule has 9 heteroatoms. The van der Waals surface area contributed by atoms with E-state index >= 15 is 0 Å². The zero-order chi connectivity index (χ0) is 18.9. The highest BCUT2D eigenvalue weighted by atomic mass is 35.5. The molecule has 0 amide bonds. The molecule has 0 aliphatic heterocycles. The summed E-state index contributed by atoms with van der Waals surface area (Å²) in [6.45, 7) is 0. The van der Waals surface area contributed by atoms with Crippen molar-refractivity contribution in [3.05, 3.63) is 76.6 Å². The van der Waals surface area contributed by atoms with Crippen LogP contribution in [0.25, 0.3) is 5.69 Å². The second-order valence-corrected chi connectivity index (χ2v) is 7.58. The lowest BCUT2D eigenvalue weighted by Crippen LogP contribution is -2.12. The number of carboxylic acids is 1. The van der Waals surface area contributed by atoms with Crippen LogP contribution in [0, 0.1) is 0 Å². The first-order valence-electron chi connectivity index (χ1n) is 7.44. The SMILES string of the molecule is NS(=O)(=O)c1ccc(-n2nc(C(=O)O)cc2Cc2ccc(Cl)cc2)cc1. The summed E-state index contributed by atoms with van der Waals surface area (Å²) in [6.07, 6.45) is 0.425. The van der Waals surface area contributed by atoms with E-state index in [1.807, 2.05) is 12.1 Å². The Morgan fingerprint density at radius 2 is 1.73 bits per heavy atom. The molecule has 0 fully saturated rings. The van der Waals surface area contributed by atoms with E-state index in [1.165, 1.54) is 35.0 Å². The van der Waals surface area contributed by atoms with Crippen LogP contribution in [0.5, 0.6) is 0 Å². The smallest absolute Gasteiger partial charge is 0.356 e. The van der Waals surface area contributed by atoms with Crippen LogP contribution >= 0.6 is 11.6 Å². The first kappa shape index (κ1) is 18.1. The lowest BCUT2D eigenvalue weighted by atomic mass is 10.1. The third-order valence-electron chi connectivity index (χ3n) is 3.71. The number of halogens is 1. The summed E-state index contributed by atoms with van der Waals surface area (Å²) in [5, 5.41) is 19.0. The molecule has 3 aromatic rings. The predicted octanol–water partition coefficient (Wildman–Crippen LogP) is 2.46. The molecule has 0 aliphatic carbocycles. The Morgan fingerprint density at radius 3 is 2.27 bits per heavy atom. The third kappa shape index (κ3) is 3.93. The van der Waals surface area contributed by atoms with Crippen molar-refractivity contribution in [2.24, 2.45) is 5.14 Å². The maximum absolute atomic E-state index is 11.4. The molecule has 3 rings (SSSR count). The number of hydrogen-bond donors (Lipinski definition) is 2. The first-order valence-corrected chi connectivity index (χ1v) is 9.36. The van der Waals surface area contributed by atoms with Gasteiger partial charge in [-0.15, -0.1) is 0 Å². The van der Waals surface area contributed by atoms with Crippen molar-refractivity contribution in [3.8, 4) is 5.69 Å². The molecule has 0 radical (unpaired) electrons. The van der Waals surface area contributed by atoms with Crippen molar-refractivity contribution < 1.29 is 18.3 Å². The van der Waals surface area contributed by atoms with Crippen LogP contribution in [0.3, 0.4) is 0 Å². The fourth-order valence-electron chi connectivity index (χ4n) is 2.46. The molecule has 0 aliphatic rings. The van der Waals surface area contributed by atoms with E-state index in [0.29, 0.717) is 22.8 Å². The van der Waals surface area contributed by atoms with Crippen molar-refractivity contribution in [2.45, 2.75) is 11.3 Å². The summed E-state index contributed by atoms with van der Waals surface area (Å²) < 4.78 is 24.2. The fraction of sp³-hybridized carbons (Fsp3) is 0.0588. The van der Waals surface area contributed by atoms with E-state index in [9.17, 15) is 18.3 Å². The van der Waals surface area contributed by atoms with E-state index in [0.717, 1.165) is 5.56 Å². The van der Waals surface area contributed by atoms with Crippen molar-refractivity contribution in [1.82, 2.24) is 9.78 Å². The van der Waals surface area contributed by atoms with Crippen molar-refractivity contribution in [1.29, 1.82) is 0 Å². The Hall–Kier alpha value is -2.68. The van der Waals surface area contributed by atoms with E-state index in [4.69, 9.17) is 16.7 Å². The van der Waals surface area contributed by atoms with Gasteiger partial charge in [-0.25, -0.2) is 23.0 Å². The second kappa shape index (κ2) is 6.91. The second-order valence-electron chi connectivity index (χ2n) is 5.58. The molecule has 1 heterocycles. The van der Waals surface area contributed by atoms with E-state index < -0.39 is 16.0 Å². The summed E-state index contributed by atoms with van der Waals surface area (Å²) in [4.78, 5) is 11.3. The minimum Gasteiger partial charge on any atom is -0.476 e. The molecule has 3 N–H and O–H groups in total. The Morgan fingerprint density at radius 1 is 1.12 bits per heavy atom. The lowest BCUT2D eigenvalue weighted by Gasteiger charge is -2.08. The maximum Gasteiger partial charge on any atom is 0.356 e. The summed E-state index contributed by atoms with van der Waals surface area (Å²) in [5.74, 6) is -1.15. The average Bonchev–Trinajstić information content (AvgIpc) is 3.00. The van der Waals surface area contributed by atoms with Gasteiger partial charge in [0.2, 0.25) is 10.0 Å². The van der Waals surface area contributed by atoms with Crippen LogP contribution in [0.4, 0.5) is 0 Å². The van der Waals surface area contributed by atoms with Crippen LogP contribution in [0.2, 0.25) is 5.02 Å². The van der Waals surface area contributed by atoms with Gasteiger partial charge in [-0.3, -0.25) is 0 Å². The van der Waals surface area contributed by atoms with Gasteiger partial charge in [0.1, 0.15) is 0 Å². The van der Waals surface area contributed by atoms with Gasteiger partial charge in [0.25, 0.3) is 0 Å². The van der Waals surface area contributed by atoms with Gasteiger partial charge in [-0.05, 0) is 48.0 Å². The number of nitrogens with two attached hydrogens (primary N) is 1. The normalized spacial score (nSPS) is 11.5. The Balaban J connectivity index is 2.02. The molecule has 0 saturated carbocycles. The van der Waals surface area contributed by atoms with Gasteiger partial charge in [0, 0.05) is 17.1 Å². The zero-order valence-corrected chi connectivity index (χ0v) is 14.9. The van der Waals surface area contributed by atoms with Crippen molar-refractivity contribution >= 4 is 27.6 Å². The van der Waals surface area contributed by atoms with Gasteiger partial charge >= 0.3 is 5.97 Å². The molecule has 0 spiro atoms. The van der Waals surface area contributed by atoms with Gasteiger partial charge in [-0.1, -0.05) is 23.7 Å². The van der Waals surface area contributed by atoms with Gasteiger partial charge < -0.3 is 5.11 Å². The number of hydrogen-bond acceptors (Lipinski definition) is 4. The standard InChI is InChI=1S/C17H14ClN3O4S/c18-12-3-1-11(2-4-12)9-14-10-16(17(22)23)20-21(14)13-5-7-15(8-6-13)26(19,24)25/h1-8,10H,9H2,(H,22,23)(H2,19,24,25). The summed E-state index contributed by atoms with van der Waals surface area (Å²) in [7, 11) is -3.81. The fourth-order valence-corrected chi connectivity index (χ4v) is 3.10. The molecule has 2 aromatic carbocycles. The molecule has 1 aromatic heterocycles. The monoisotopic (exact) mass is 391 g/mol. The number of sulfonamides is 1. The van der Waals surface area contributed by atoms with Crippen molar-refractivity contribution in [2.75, 3.05) is 0 Å². The van der Waals surface area contributed by atoms with E-state index in [-0.39, 0.29) is 10.6 Å². The largest absolute Gasteiger partial charge is 0.476 e. The number of rotatable bonds is 5. The predicted molar refractivity (Wildman–Crippen MR) is 96.2 cm³/mol. The van der Waals surface area contributed by atoms with Crippen molar-refractivity contribution in [3.63, 3.8) is 0 Å². The van der Waals surface area contributed by atoms with Crippen LogP contribution in [-0.2, 0) is 16.4 Å². The van der Waals surface area contributed by atoms with Crippen LogP contribution < -0.4 is 5.14 Å². The number of nitrogens with zero attached hydrogens (tertiary/aromatic N) is 2. The Labute approximate surface area is 154 Å².